The summed E-state index contributed by atoms with van der Waals surface area (Å²) in [5, 5.41) is 3.77. The topological polar surface area (TPSA) is 58.6 Å². The van der Waals surface area contributed by atoms with Crippen LogP contribution in [-0.4, -0.2) is 62.8 Å². The van der Waals surface area contributed by atoms with Crippen LogP contribution in [0.1, 0.15) is 13.3 Å². The Morgan fingerprint density at radius 3 is 2.88 bits per heavy atom. The van der Waals surface area contributed by atoms with Gasteiger partial charge in [0.1, 0.15) is 0 Å². The van der Waals surface area contributed by atoms with E-state index in [1.165, 1.54) is 0 Å². The number of thiocarbonyl (C=S) groups is 1. The Kier molecular flexibility index (Phi) is 5.61. The van der Waals surface area contributed by atoms with Gasteiger partial charge in [0, 0.05) is 32.8 Å². The Morgan fingerprint density at radius 1 is 1.59 bits per heavy atom. The first kappa shape index (κ1) is 14.7. The predicted octanol–water partition coefficient (Wildman–Crippen LogP) is 0.0163. The summed E-state index contributed by atoms with van der Waals surface area (Å²) < 4.78 is 27.8. The average Bonchev–Trinajstić information content (AvgIpc) is 2.23. The van der Waals surface area contributed by atoms with Crippen molar-refractivity contribution in [3.63, 3.8) is 0 Å². The fraction of sp³-hybridized carbons (Fsp3) is 0.900. The van der Waals surface area contributed by atoms with E-state index >= 15 is 0 Å². The first-order valence-corrected chi connectivity index (χ1v) is 7.93. The van der Waals surface area contributed by atoms with Gasteiger partial charge in [0.05, 0.1) is 11.5 Å². The molecule has 5 nitrogen and oxygen atoms in total. The number of hydrogen-bond acceptors (Lipinski definition) is 4. The van der Waals surface area contributed by atoms with E-state index < -0.39 is 9.84 Å². The van der Waals surface area contributed by atoms with Gasteiger partial charge in [-0.15, -0.1) is 0 Å². The van der Waals surface area contributed by atoms with Crippen LogP contribution in [0, 0.1) is 0 Å². The molecule has 0 bridgehead atoms. The van der Waals surface area contributed by atoms with Crippen LogP contribution in [0.15, 0.2) is 0 Å². The molecular formula is C10H20N2O3S2. The number of sulfone groups is 1. The van der Waals surface area contributed by atoms with Gasteiger partial charge >= 0.3 is 0 Å². The molecule has 1 fully saturated rings. The molecule has 1 unspecified atom stereocenters. The second-order valence-corrected chi connectivity index (χ2v) is 6.85. The Labute approximate surface area is 108 Å². The van der Waals surface area contributed by atoms with Crippen LogP contribution in [0.2, 0.25) is 0 Å². The number of nitrogens with zero attached hydrogens (tertiary/aromatic N) is 1. The van der Waals surface area contributed by atoms with E-state index in [9.17, 15) is 8.42 Å². The zero-order valence-electron chi connectivity index (χ0n) is 10.3. The maximum Gasteiger partial charge on any atom is 0.169 e. The minimum absolute atomic E-state index is 0.0452. The molecule has 0 radical (unpaired) electrons. The van der Waals surface area contributed by atoms with Gasteiger partial charge < -0.3 is 15.0 Å². The Hall–Kier alpha value is -0.400. The molecule has 0 aromatic carbocycles. The molecule has 1 heterocycles. The SMILES string of the molecule is COCCCNC(=S)N1CCS(=O)(=O)CC1C. The van der Waals surface area contributed by atoms with Crippen molar-refractivity contribution in [1.82, 2.24) is 10.2 Å². The molecule has 0 aromatic heterocycles. The Bertz CT molecular complexity index is 357. The standard InChI is InChI=1S/C10H20N2O3S2/c1-9-8-17(13,14)7-5-12(9)10(16)11-4-3-6-15-2/h9H,3-8H2,1-2H3,(H,11,16). The zero-order chi connectivity index (χ0) is 12.9. The maximum atomic E-state index is 11.4. The molecule has 0 saturated carbocycles. The molecule has 0 amide bonds. The van der Waals surface area contributed by atoms with Crippen molar-refractivity contribution < 1.29 is 13.2 Å². The van der Waals surface area contributed by atoms with E-state index in [4.69, 9.17) is 17.0 Å². The van der Waals surface area contributed by atoms with Gasteiger partial charge in [-0.05, 0) is 25.6 Å². The van der Waals surface area contributed by atoms with Crippen molar-refractivity contribution in [1.29, 1.82) is 0 Å². The molecule has 17 heavy (non-hydrogen) atoms. The van der Waals surface area contributed by atoms with Gasteiger partial charge in [-0.1, -0.05) is 0 Å². The summed E-state index contributed by atoms with van der Waals surface area (Å²) in [6, 6.07) is -0.0452. The highest BCUT2D eigenvalue weighted by Gasteiger charge is 2.29. The van der Waals surface area contributed by atoms with Gasteiger partial charge in [0.15, 0.2) is 14.9 Å². The highest BCUT2D eigenvalue weighted by molar-refractivity contribution is 7.91. The average molecular weight is 280 g/mol. The summed E-state index contributed by atoms with van der Waals surface area (Å²) in [5.74, 6) is 0.379. The molecule has 0 aromatic rings. The highest BCUT2D eigenvalue weighted by atomic mass is 32.2. The summed E-state index contributed by atoms with van der Waals surface area (Å²) in [7, 11) is -1.21. The van der Waals surface area contributed by atoms with Crippen LogP contribution in [0.25, 0.3) is 0 Å². The normalized spacial score (nSPS) is 23.4. The lowest BCUT2D eigenvalue weighted by molar-refractivity contribution is 0.195. The predicted molar refractivity (Wildman–Crippen MR) is 71.9 cm³/mol. The number of hydrogen-bond donors (Lipinski definition) is 1. The number of ether oxygens (including phenoxy) is 1. The Balaban J connectivity index is 2.37. The molecule has 1 rings (SSSR count). The van der Waals surface area contributed by atoms with Gasteiger partial charge in [-0.2, -0.15) is 0 Å². The quantitative estimate of drug-likeness (QED) is 0.578. The maximum absolute atomic E-state index is 11.4. The summed E-state index contributed by atoms with van der Waals surface area (Å²) in [4.78, 5) is 1.95. The van der Waals surface area contributed by atoms with Gasteiger partial charge in [-0.25, -0.2) is 8.42 Å². The molecule has 1 aliphatic rings. The van der Waals surface area contributed by atoms with Crippen molar-refractivity contribution >= 4 is 27.2 Å². The summed E-state index contributed by atoms with van der Waals surface area (Å²) >= 11 is 5.25. The van der Waals surface area contributed by atoms with E-state index in [0.717, 1.165) is 13.0 Å². The van der Waals surface area contributed by atoms with Crippen molar-refractivity contribution in [3.8, 4) is 0 Å². The van der Waals surface area contributed by atoms with Crippen molar-refractivity contribution in [2.75, 3.05) is 38.3 Å². The monoisotopic (exact) mass is 280 g/mol. The first-order valence-electron chi connectivity index (χ1n) is 5.70. The molecule has 0 spiro atoms. The van der Waals surface area contributed by atoms with Crippen molar-refractivity contribution in [2.45, 2.75) is 19.4 Å². The largest absolute Gasteiger partial charge is 0.385 e. The van der Waals surface area contributed by atoms with E-state index in [-0.39, 0.29) is 17.5 Å². The van der Waals surface area contributed by atoms with Crippen LogP contribution in [-0.2, 0) is 14.6 Å². The van der Waals surface area contributed by atoms with E-state index in [2.05, 4.69) is 5.32 Å². The van der Waals surface area contributed by atoms with E-state index in [0.29, 0.717) is 18.3 Å². The van der Waals surface area contributed by atoms with Crippen LogP contribution >= 0.6 is 12.2 Å². The summed E-state index contributed by atoms with van der Waals surface area (Å²) in [6.07, 6.45) is 0.886. The molecule has 1 atom stereocenters. The molecule has 1 saturated heterocycles. The third-order valence-corrected chi connectivity index (χ3v) is 4.91. The third-order valence-electron chi connectivity index (χ3n) is 2.73. The second-order valence-electron chi connectivity index (χ2n) is 4.24. The van der Waals surface area contributed by atoms with Crippen LogP contribution in [0.5, 0.6) is 0 Å². The fourth-order valence-corrected chi connectivity index (χ4v) is 3.74. The highest BCUT2D eigenvalue weighted by Crippen LogP contribution is 2.11. The molecule has 100 valence electrons. The second kappa shape index (κ2) is 6.51. The van der Waals surface area contributed by atoms with E-state index in [1.807, 2.05) is 11.8 Å². The third kappa shape index (κ3) is 4.77. The van der Waals surface area contributed by atoms with Gasteiger partial charge in [0.25, 0.3) is 0 Å². The number of methoxy groups -OCH3 is 1. The van der Waals surface area contributed by atoms with Crippen LogP contribution in [0.4, 0.5) is 0 Å². The minimum atomic E-state index is -2.88. The van der Waals surface area contributed by atoms with Gasteiger partial charge in [-0.3, -0.25) is 0 Å². The Morgan fingerprint density at radius 2 is 2.29 bits per heavy atom. The number of rotatable bonds is 4. The lowest BCUT2D eigenvalue weighted by atomic mass is 10.3. The molecule has 0 aliphatic carbocycles. The fourth-order valence-electron chi connectivity index (χ4n) is 1.81. The first-order chi connectivity index (χ1) is 7.96. The molecular weight excluding hydrogens is 260 g/mol. The summed E-state index contributed by atoms with van der Waals surface area (Å²) in [6.45, 7) is 3.82. The molecule has 7 heteroatoms. The van der Waals surface area contributed by atoms with Crippen molar-refractivity contribution in [2.24, 2.45) is 0 Å². The van der Waals surface area contributed by atoms with Crippen LogP contribution in [0.3, 0.4) is 0 Å². The van der Waals surface area contributed by atoms with Crippen molar-refractivity contribution in [3.05, 3.63) is 0 Å². The summed E-state index contributed by atoms with van der Waals surface area (Å²) in [5.41, 5.74) is 0. The zero-order valence-corrected chi connectivity index (χ0v) is 11.9. The minimum Gasteiger partial charge on any atom is -0.385 e. The van der Waals surface area contributed by atoms with E-state index in [1.54, 1.807) is 7.11 Å². The molecule has 1 aliphatic heterocycles. The lowest BCUT2D eigenvalue weighted by Gasteiger charge is -2.35. The molecule has 1 N–H and O–H groups in total. The lowest BCUT2D eigenvalue weighted by Crippen LogP contribution is -2.53. The van der Waals surface area contributed by atoms with Crippen LogP contribution < -0.4 is 5.32 Å². The smallest absolute Gasteiger partial charge is 0.169 e. The van der Waals surface area contributed by atoms with Gasteiger partial charge in [0.2, 0.25) is 0 Å². The number of nitrogens with one attached hydrogen (secondary N) is 1.